The maximum absolute atomic E-state index is 12.4. The van der Waals surface area contributed by atoms with Crippen LogP contribution in [-0.2, 0) is 4.79 Å². The highest BCUT2D eigenvalue weighted by Crippen LogP contribution is 2.29. The lowest BCUT2D eigenvalue weighted by atomic mass is 10.3. The first kappa shape index (κ1) is 18.2. The lowest BCUT2D eigenvalue weighted by Crippen LogP contribution is -2.23. The number of nitrogen functional groups attached to an aromatic ring is 1. The van der Waals surface area contributed by atoms with E-state index in [-0.39, 0.29) is 5.91 Å². The van der Waals surface area contributed by atoms with Gasteiger partial charge in [-0.3, -0.25) is 4.79 Å². The third kappa shape index (κ3) is 3.78. The summed E-state index contributed by atoms with van der Waals surface area (Å²) in [6, 6.07) is 8.47. The molecule has 2 aromatic heterocycles. The van der Waals surface area contributed by atoms with Crippen molar-refractivity contribution in [2.45, 2.75) is 17.3 Å². The average Bonchev–Trinajstić information content (AvgIpc) is 3.25. The Bertz CT molecular complexity index is 913. The largest absolute Gasteiger partial charge is 0.495 e. The summed E-state index contributed by atoms with van der Waals surface area (Å²) in [6.07, 6.45) is 1.52. The number of carbonyl (C=O) groups excluding carboxylic acids is 1. The van der Waals surface area contributed by atoms with Crippen LogP contribution in [0.2, 0.25) is 5.02 Å². The minimum Gasteiger partial charge on any atom is -0.495 e. The number of nitrogens with one attached hydrogen (secondary N) is 1. The van der Waals surface area contributed by atoms with Gasteiger partial charge in [0.25, 0.3) is 0 Å². The third-order valence-electron chi connectivity index (χ3n) is 3.48. The Morgan fingerprint density at radius 3 is 2.88 bits per heavy atom. The fraction of sp³-hybridized carbons (Fsp3) is 0.188. The molecule has 0 unspecified atom stereocenters. The second-order valence-corrected chi connectivity index (χ2v) is 6.97. The summed E-state index contributed by atoms with van der Waals surface area (Å²) in [5, 5.41) is 11.1. The van der Waals surface area contributed by atoms with Crippen LogP contribution in [0.15, 0.2) is 46.2 Å². The Kier molecular flexibility index (Phi) is 5.38. The molecule has 8 nitrogen and oxygen atoms in total. The van der Waals surface area contributed by atoms with E-state index in [2.05, 4.69) is 15.5 Å². The molecule has 3 rings (SSSR count). The zero-order valence-electron chi connectivity index (χ0n) is 14.0. The Balaban J connectivity index is 1.67. The topological polar surface area (TPSA) is 108 Å². The van der Waals surface area contributed by atoms with Gasteiger partial charge in [0.2, 0.25) is 16.9 Å². The second-order valence-electron chi connectivity index (χ2n) is 5.25. The molecule has 0 fully saturated rings. The molecule has 10 heteroatoms. The molecular weight excluding hydrogens is 378 g/mol. The summed E-state index contributed by atoms with van der Waals surface area (Å²) in [7, 11) is 1.53. The van der Waals surface area contributed by atoms with E-state index in [0.29, 0.717) is 33.2 Å². The highest BCUT2D eigenvalue weighted by atomic mass is 35.5. The number of aromatic nitrogens is 3. The number of nitrogens with two attached hydrogens (primary N) is 1. The van der Waals surface area contributed by atoms with Crippen LogP contribution >= 0.6 is 23.4 Å². The van der Waals surface area contributed by atoms with E-state index < -0.39 is 5.25 Å². The van der Waals surface area contributed by atoms with Crippen molar-refractivity contribution in [3.8, 4) is 17.3 Å². The summed E-state index contributed by atoms with van der Waals surface area (Å²) in [5.74, 6) is 7.19. The van der Waals surface area contributed by atoms with Gasteiger partial charge in [-0.2, -0.15) is 0 Å². The van der Waals surface area contributed by atoms with E-state index in [1.165, 1.54) is 29.8 Å². The number of thioether (sulfide) groups is 1. The molecule has 1 aromatic carbocycles. The molecule has 26 heavy (non-hydrogen) atoms. The summed E-state index contributed by atoms with van der Waals surface area (Å²) < 4.78 is 11.6. The van der Waals surface area contributed by atoms with Crippen molar-refractivity contribution in [2.24, 2.45) is 0 Å². The molecule has 136 valence electrons. The maximum Gasteiger partial charge on any atom is 0.237 e. The number of ether oxygens (including phenoxy) is 1. The second kappa shape index (κ2) is 7.71. The molecule has 3 aromatic rings. The van der Waals surface area contributed by atoms with Crippen molar-refractivity contribution in [3.05, 3.63) is 41.6 Å². The summed E-state index contributed by atoms with van der Waals surface area (Å²) in [6.45, 7) is 1.74. The predicted octanol–water partition coefficient (Wildman–Crippen LogP) is 3.03. The van der Waals surface area contributed by atoms with E-state index in [4.69, 9.17) is 26.6 Å². The lowest BCUT2D eigenvalue weighted by molar-refractivity contribution is -0.115. The van der Waals surface area contributed by atoms with Crippen LogP contribution in [0.5, 0.6) is 5.75 Å². The van der Waals surface area contributed by atoms with Gasteiger partial charge in [0, 0.05) is 5.69 Å². The molecule has 3 N–H and O–H groups in total. The maximum atomic E-state index is 12.4. The van der Waals surface area contributed by atoms with Crippen LogP contribution in [0.25, 0.3) is 11.6 Å². The highest BCUT2D eigenvalue weighted by molar-refractivity contribution is 8.00. The fourth-order valence-corrected chi connectivity index (χ4v) is 3.16. The quantitative estimate of drug-likeness (QED) is 0.489. The van der Waals surface area contributed by atoms with Gasteiger partial charge >= 0.3 is 0 Å². The third-order valence-corrected chi connectivity index (χ3v) is 4.83. The van der Waals surface area contributed by atoms with Crippen molar-refractivity contribution in [1.82, 2.24) is 14.9 Å². The standard InChI is InChI=1S/C16H16ClN5O3S/c1-9(15(23)19-10-5-6-12(24-2)11(17)8-10)26-16-21-20-14(22(16)18)13-4-3-7-25-13/h3-9H,18H2,1-2H3,(H,19,23)/t9-/m0/s1. The van der Waals surface area contributed by atoms with Gasteiger partial charge in [0.05, 0.1) is 23.6 Å². The molecule has 0 bridgehead atoms. The molecule has 0 saturated carbocycles. The SMILES string of the molecule is COc1ccc(NC(=O)[C@H](C)Sc2nnc(-c3ccco3)n2N)cc1Cl. The van der Waals surface area contributed by atoms with Crippen molar-refractivity contribution < 1.29 is 13.9 Å². The number of methoxy groups -OCH3 is 1. The highest BCUT2D eigenvalue weighted by Gasteiger charge is 2.21. The molecule has 0 aliphatic rings. The average molecular weight is 394 g/mol. The number of furan rings is 1. The molecule has 0 spiro atoms. The molecular formula is C16H16ClN5O3S. The smallest absolute Gasteiger partial charge is 0.237 e. The summed E-state index contributed by atoms with van der Waals surface area (Å²) in [5.41, 5.74) is 0.568. The van der Waals surface area contributed by atoms with Crippen molar-refractivity contribution in [1.29, 1.82) is 0 Å². The molecule has 1 amide bonds. The zero-order valence-corrected chi connectivity index (χ0v) is 15.5. The molecule has 0 aliphatic carbocycles. The first-order valence-corrected chi connectivity index (χ1v) is 8.80. The van der Waals surface area contributed by atoms with Crippen molar-refractivity contribution >= 4 is 35.0 Å². The Morgan fingerprint density at radius 2 is 2.23 bits per heavy atom. The lowest BCUT2D eigenvalue weighted by Gasteiger charge is -2.12. The monoisotopic (exact) mass is 393 g/mol. The van der Waals surface area contributed by atoms with Gasteiger partial charge < -0.3 is 20.3 Å². The number of halogens is 1. The van der Waals surface area contributed by atoms with Crippen LogP contribution in [0.3, 0.4) is 0 Å². The van der Waals surface area contributed by atoms with E-state index in [9.17, 15) is 4.79 Å². The van der Waals surface area contributed by atoms with E-state index in [1.54, 1.807) is 37.3 Å². The molecule has 0 aliphatic heterocycles. The predicted molar refractivity (Wildman–Crippen MR) is 99.8 cm³/mol. The first-order valence-electron chi connectivity index (χ1n) is 7.55. The van der Waals surface area contributed by atoms with Crippen LogP contribution in [0.1, 0.15) is 6.92 Å². The molecule has 0 saturated heterocycles. The van der Waals surface area contributed by atoms with Gasteiger partial charge in [-0.05, 0) is 37.3 Å². The molecule has 1 atom stereocenters. The number of anilines is 1. The van der Waals surface area contributed by atoms with Gasteiger partial charge in [-0.25, -0.2) is 4.68 Å². The Morgan fingerprint density at radius 1 is 1.42 bits per heavy atom. The number of nitrogens with zero attached hydrogens (tertiary/aromatic N) is 3. The van der Waals surface area contributed by atoms with Gasteiger partial charge in [0.1, 0.15) is 5.75 Å². The van der Waals surface area contributed by atoms with Crippen LogP contribution < -0.4 is 15.9 Å². The minimum absolute atomic E-state index is 0.223. The Hall–Kier alpha value is -2.65. The number of benzene rings is 1. The number of amides is 1. The van der Waals surface area contributed by atoms with Crippen LogP contribution in [-0.4, -0.2) is 33.1 Å². The van der Waals surface area contributed by atoms with Crippen LogP contribution in [0, 0.1) is 0 Å². The van der Waals surface area contributed by atoms with E-state index in [0.717, 1.165) is 0 Å². The number of rotatable bonds is 6. The van der Waals surface area contributed by atoms with E-state index in [1.807, 2.05) is 0 Å². The number of hydrogen-bond acceptors (Lipinski definition) is 7. The van der Waals surface area contributed by atoms with Gasteiger partial charge in [0.15, 0.2) is 5.76 Å². The van der Waals surface area contributed by atoms with Gasteiger partial charge in [-0.15, -0.1) is 10.2 Å². The number of carbonyl (C=O) groups is 1. The van der Waals surface area contributed by atoms with E-state index >= 15 is 0 Å². The molecule has 0 radical (unpaired) electrons. The summed E-state index contributed by atoms with van der Waals surface area (Å²) >= 11 is 7.25. The normalized spacial score (nSPS) is 12.0. The molecule has 2 heterocycles. The van der Waals surface area contributed by atoms with Crippen LogP contribution in [0.4, 0.5) is 5.69 Å². The summed E-state index contributed by atoms with van der Waals surface area (Å²) in [4.78, 5) is 12.4. The van der Waals surface area contributed by atoms with Crippen molar-refractivity contribution in [2.75, 3.05) is 18.3 Å². The minimum atomic E-state index is -0.466. The fourth-order valence-electron chi connectivity index (χ4n) is 2.13. The number of hydrogen-bond donors (Lipinski definition) is 2. The zero-order chi connectivity index (χ0) is 18.7. The van der Waals surface area contributed by atoms with Gasteiger partial charge in [-0.1, -0.05) is 23.4 Å². The Labute approximate surface area is 158 Å². The first-order chi connectivity index (χ1) is 12.5. The van der Waals surface area contributed by atoms with Crippen molar-refractivity contribution in [3.63, 3.8) is 0 Å².